The van der Waals surface area contributed by atoms with Crippen LogP contribution in [0.5, 0.6) is 0 Å². The van der Waals surface area contributed by atoms with Crippen LogP contribution < -0.4 is 0 Å². The van der Waals surface area contributed by atoms with E-state index in [9.17, 15) is 43.2 Å². The second-order valence-corrected chi connectivity index (χ2v) is 30.0. The Morgan fingerprint density at radius 2 is 0.511 bits per heavy atom. The van der Waals surface area contributed by atoms with Crippen molar-refractivity contribution in [2.24, 2.45) is 17.8 Å². The molecule has 2 unspecified atom stereocenters. The SMILES string of the molecule is CCCCCCCCCCCCCCCC(=O)O[C@H](COC(=O)CCCCCCCCC(C)C)COP(=O)(O)OC[C@H](O)COP(=O)(O)OC[C@@H](COC(=O)CCCCCCCCCCCCCC(C)C)OC(=O)CCCCCCCCCCCCCC(C)C. The molecule has 0 spiro atoms. The average molecular weight is 1330 g/mol. The van der Waals surface area contributed by atoms with E-state index in [1.807, 2.05) is 0 Å². The summed E-state index contributed by atoms with van der Waals surface area (Å²) in [7, 11) is -9.90. The van der Waals surface area contributed by atoms with Gasteiger partial charge in [-0.05, 0) is 43.4 Å². The largest absolute Gasteiger partial charge is 0.472 e. The summed E-state index contributed by atoms with van der Waals surface area (Å²) in [6.07, 6.45) is 45.8. The zero-order chi connectivity index (χ0) is 66.6. The number of rotatable bonds is 69. The summed E-state index contributed by atoms with van der Waals surface area (Å²) in [6.45, 7) is 11.8. The van der Waals surface area contributed by atoms with Gasteiger partial charge >= 0.3 is 39.5 Å². The minimum Gasteiger partial charge on any atom is -0.462 e. The van der Waals surface area contributed by atoms with Gasteiger partial charge in [0.05, 0.1) is 26.4 Å². The van der Waals surface area contributed by atoms with Gasteiger partial charge in [0.2, 0.25) is 0 Å². The van der Waals surface area contributed by atoms with Gasteiger partial charge in [-0.1, -0.05) is 305 Å². The Labute approximate surface area is 549 Å². The molecule has 0 bridgehead atoms. The van der Waals surface area contributed by atoms with Crippen LogP contribution in [0.4, 0.5) is 0 Å². The van der Waals surface area contributed by atoms with E-state index in [1.165, 1.54) is 161 Å². The first-order valence-corrected chi connectivity index (χ1v) is 39.8. The van der Waals surface area contributed by atoms with E-state index in [2.05, 4.69) is 48.5 Å². The zero-order valence-corrected chi connectivity index (χ0v) is 60.4. The number of esters is 4. The van der Waals surface area contributed by atoms with Gasteiger partial charge in [-0.2, -0.15) is 0 Å². The van der Waals surface area contributed by atoms with E-state index in [0.717, 1.165) is 108 Å². The minimum atomic E-state index is -4.95. The Kier molecular flexibility index (Phi) is 60.6. The molecule has 534 valence electrons. The first-order chi connectivity index (χ1) is 43.2. The van der Waals surface area contributed by atoms with Crippen LogP contribution in [0.25, 0.3) is 0 Å². The molecule has 5 atom stereocenters. The van der Waals surface area contributed by atoms with Crippen LogP contribution >= 0.6 is 15.6 Å². The molecule has 19 heteroatoms. The standard InChI is InChI=1S/C71H138O17P2/c1-8-9-10-11-12-13-14-15-20-26-31-40-47-54-70(75)88-67(59-82-69(74)53-46-39-34-33-37-44-51-64(6)7)61-86-90(79,80)84-57-65(72)56-83-89(77,78)85-60-66(87-71(76)55-48-41-32-27-22-17-19-24-29-36-43-50-63(4)5)58-81-68(73)52-45-38-30-25-21-16-18-23-28-35-42-49-62(2)3/h62-67,72H,8-61H2,1-7H3,(H,77,78)(H,79,80)/t65-,66-,67-/m1/s1. The van der Waals surface area contributed by atoms with Crippen LogP contribution in [0.1, 0.15) is 357 Å². The summed E-state index contributed by atoms with van der Waals surface area (Å²) in [4.78, 5) is 72.6. The normalized spacial score (nSPS) is 14.2. The summed E-state index contributed by atoms with van der Waals surface area (Å²) < 4.78 is 68.3. The number of hydrogen-bond donors (Lipinski definition) is 3. The molecule has 0 aromatic carbocycles. The Bertz CT molecular complexity index is 1770. The molecule has 0 fully saturated rings. The molecular formula is C71H138O17P2. The lowest BCUT2D eigenvalue weighted by Crippen LogP contribution is -2.30. The van der Waals surface area contributed by atoms with Crippen LogP contribution in [-0.4, -0.2) is 96.7 Å². The maximum absolute atomic E-state index is 13.0. The lowest BCUT2D eigenvalue weighted by Gasteiger charge is -2.21. The number of aliphatic hydroxyl groups is 1. The third-order valence-electron chi connectivity index (χ3n) is 16.4. The van der Waals surface area contributed by atoms with E-state index in [-0.39, 0.29) is 25.7 Å². The first-order valence-electron chi connectivity index (χ1n) is 36.8. The summed E-state index contributed by atoms with van der Waals surface area (Å²) in [5.41, 5.74) is 0. The fraction of sp³-hybridized carbons (Fsp3) is 0.944. The number of phosphoric acid groups is 2. The number of aliphatic hydroxyl groups excluding tert-OH is 1. The Hall–Kier alpha value is -1.94. The Morgan fingerprint density at radius 1 is 0.300 bits per heavy atom. The number of hydrogen-bond acceptors (Lipinski definition) is 15. The summed E-state index contributed by atoms with van der Waals surface area (Å²) in [5, 5.41) is 10.6. The van der Waals surface area contributed by atoms with Gasteiger partial charge in [-0.15, -0.1) is 0 Å². The summed E-state index contributed by atoms with van der Waals surface area (Å²) in [5.74, 6) is 0.0907. The fourth-order valence-corrected chi connectivity index (χ4v) is 12.3. The molecule has 17 nitrogen and oxygen atoms in total. The van der Waals surface area contributed by atoms with Gasteiger partial charge in [-0.25, -0.2) is 9.13 Å². The van der Waals surface area contributed by atoms with Crippen LogP contribution in [0.15, 0.2) is 0 Å². The van der Waals surface area contributed by atoms with Gasteiger partial charge < -0.3 is 33.8 Å². The predicted molar refractivity (Wildman–Crippen MR) is 363 cm³/mol. The molecule has 0 radical (unpaired) electrons. The third kappa shape index (κ3) is 64.8. The van der Waals surface area contributed by atoms with Crippen molar-refractivity contribution in [2.75, 3.05) is 39.6 Å². The van der Waals surface area contributed by atoms with Crippen molar-refractivity contribution >= 4 is 39.5 Å². The van der Waals surface area contributed by atoms with Crippen molar-refractivity contribution in [1.82, 2.24) is 0 Å². The van der Waals surface area contributed by atoms with Crippen molar-refractivity contribution in [3.63, 3.8) is 0 Å². The summed E-state index contributed by atoms with van der Waals surface area (Å²) in [6, 6.07) is 0. The molecule has 0 aromatic rings. The predicted octanol–water partition coefficient (Wildman–Crippen LogP) is 20.2. The van der Waals surface area contributed by atoms with Crippen molar-refractivity contribution < 1.29 is 80.2 Å². The molecule has 0 aliphatic rings. The van der Waals surface area contributed by atoms with Crippen molar-refractivity contribution in [3.05, 3.63) is 0 Å². The zero-order valence-electron chi connectivity index (χ0n) is 58.6. The van der Waals surface area contributed by atoms with Crippen LogP contribution in [-0.2, 0) is 65.4 Å². The summed E-state index contributed by atoms with van der Waals surface area (Å²) >= 11 is 0. The maximum atomic E-state index is 13.0. The van der Waals surface area contributed by atoms with E-state index in [1.54, 1.807) is 0 Å². The molecule has 0 saturated carbocycles. The third-order valence-corrected chi connectivity index (χ3v) is 18.3. The minimum absolute atomic E-state index is 0.106. The average Bonchev–Trinajstić information content (AvgIpc) is 2.55. The van der Waals surface area contributed by atoms with Gasteiger partial charge in [0.25, 0.3) is 0 Å². The van der Waals surface area contributed by atoms with Gasteiger partial charge in [0, 0.05) is 25.7 Å². The number of phosphoric ester groups is 2. The van der Waals surface area contributed by atoms with E-state index in [4.69, 9.17) is 37.0 Å². The van der Waals surface area contributed by atoms with Crippen LogP contribution in [0.2, 0.25) is 0 Å². The number of carbonyl (C=O) groups is 4. The highest BCUT2D eigenvalue weighted by Crippen LogP contribution is 2.45. The fourth-order valence-electron chi connectivity index (χ4n) is 10.7. The number of carbonyl (C=O) groups excluding carboxylic acids is 4. The number of unbranched alkanes of at least 4 members (excludes halogenated alkanes) is 37. The molecule has 0 saturated heterocycles. The second-order valence-electron chi connectivity index (χ2n) is 27.1. The Morgan fingerprint density at radius 3 is 0.756 bits per heavy atom. The molecule has 0 heterocycles. The van der Waals surface area contributed by atoms with Gasteiger partial charge in [-0.3, -0.25) is 37.3 Å². The number of ether oxygens (including phenoxy) is 4. The lowest BCUT2D eigenvalue weighted by atomic mass is 10.0. The molecular weight excluding hydrogens is 1190 g/mol. The van der Waals surface area contributed by atoms with Gasteiger partial charge in [0.1, 0.15) is 19.3 Å². The highest BCUT2D eigenvalue weighted by atomic mass is 31.2. The van der Waals surface area contributed by atoms with Crippen molar-refractivity contribution in [2.45, 2.75) is 375 Å². The smallest absolute Gasteiger partial charge is 0.462 e. The first kappa shape index (κ1) is 88.1. The van der Waals surface area contributed by atoms with Crippen molar-refractivity contribution in [3.8, 4) is 0 Å². The maximum Gasteiger partial charge on any atom is 0.472 e. The van der Waals surface area contributed by atoms with E-state index >= 15 is 0 Å². The van der Waals surface area contributed by atoms with E-state index in [0.29, 0.717) is 31.6 Å². The van der Waals surface area contributed by atoms with Crippen LogP contribution in [0.3, 0.4) is 0 Å². The highest BCUT2D eigenvalue weighted by Gasteiger charge is 2.30. The van der Waals surface area contributed by atoms with Crippen molar-refractivity contribution in [1.29, 1.82) is 0 Å². The highest BCUT2D eigenvalue weighted by molar-refractivity contribution is 7.47. The molecule has 90 heavy (non-hydrogen) atoms. The molecule has 0 rings (SSSR count). The molecule has 0 aromatic heterocycles. The molecule has 0 aliphatic heterocycles. The monoisotopic (exact) mass is 1320 g/mol. The molecule has 0 aliphatic carbocycles. The molecule has 3 N–H and O–H groups in total. The van der Waals surface area contributed by atoms with Gasteiger partial charge in [0.15, 0.2) is 12.2 Å². The van der Waals surface area contributed by atoms with E-state index < -0.39 is 97.5 Å². The molecule has 0 amide bonds. The topological polar surface area (TPSA) is 237 Å². The quantitative estimate of drug-likeness (QED) is 0.0222. The second kappa shape index (κ2) is 61.9. The van der Waals surface area contributed by atoms with Crippen LogP contribution in [0, 0.1) is 17.8 Å². The lowest BCUT2D eigenvalue weighted by molar-refractivity contribution is -0.161. The Balaban J connectivity index is 5.25.